The highest BCUT2D eigenvalue weighted by atomic mass is 16.7. The predicted molar refractivity (Wildman–Crippen MR) is 93.6 cm³/mol. The zero-order valence-electron chi connectivity index (χ0n) is 14.8. The van der Waals surface area contributed by atoms with E-state index in [1.807, 2.05) is 0 Å². The lowest BCUT2D eigenvalue weighted by molar-refractivity contribution is -0.277. The van der Waals surface area contributed by atoms with E-state index in [9.17, 15) is 25.2 Å². The van der Waals surface area contributed by atoms with E-state index >= 15 is 0 Å². The van der Waals surface area contributed by atoms with E-state index in [1.54, 1.807) is 19.1 Å². The van der Waals surface area contributed by atoms with E-state index < -0.39 is 37.3 Å². The van der Waals surface area contributed by atoms with E-state index in [-0.39, 0.29) is 5.63 Å². The highest BCUT2D eigenvalue weighted by Gasteiger charge is 2.44. The lowest BCUT2D eigenvalue weighted by atomic mass is 9.99. The summed E-state index contributed by atoms with van der Waals surface area (Å²) in [5.74, 6) is 0.313. The molecule has 146 valence electrons. The van der Waals surface area contributed by atoms with Crippen molar-refractivity contribution in [3.8, 4) is 5.75 Å². The zero-order valence-corrected chi connectivity index (χ0v) is 14.8. The first-order chi connectivity index (χ1) is 12.9. The smallest absolute Gasteiger partial charge is 0.339 e. The molecule has 1 aliphatic heterocycles. The van der Waals surface area contributed by atoms with Crippen LogP contribution in [0.25, 0.3) is 11.0 Å². The van der Waals surface area contributed by atoms with Crippen LogP contribution < -0.4 is 10.4 Å². The van der Waals surface area contributed by atoms with Gasteiger partial charge in [0.2, 0.25) is 6.29 Å². The second-order valence-corrected chi connectivity index (χ2v) is 7.08. The van der Waals surface area contributed by atoms with Gasteiger partial charge in [-0.1, -0.05) is 0 Å². The van der Waals surface area contributed by atoms with Gasteiger partial charge in [-0.05, 0) is 43.9 Å². The van der Waals surface area contributed by atoms with Gasteiger partial charge < -0.3 is 34.3 Å². The minimum Gasteiger partial charge on any atom is -0.462 e. The highest BCUT2D eigenvalue weighted by Crippen LogP contribution is 2.34. The molecule has 8 nitrogen and oxygen atoms in total. The molecule has 8 heteroatoms. The van der Waals surface area contributed by atoms with Crippen LogP contribution in [-0.4, -0.2) is 57.7 Å². The number of ether oxygens (including phenoxy) is 2. The molecular formula is C19H22O8. The summed E-state index contributed by atoms with van der Waals surface area (Å²) in [5.41, 5.74) is 2.37. The number of hydrogen-bond acceptors (Lipinski definition) is 8. The fourth-order valence-electron chi connectivity index (χ4n) is 3.88. The number of benzene rings is 1. The topological polar surface area (TPSA) is 130 Å². The molecule has 0 bridgehead atoms. The van der Waals surface area contributed by atoms with E-state index in [0.717, 1.165) is 35.8 Å². The van der Waals surface area contributed by atoms with Crippen LogP contribution in [0.1, 0.15) is 23.1 Å². The largest absolute Gasteiger partial charge is 0.462 e. The molecule has 27 heavy (non-hydrogen) atoms. The highest BCUT2D eigenvalue weighted by molar-refractivity contribution is 5.86. The molecule has 5 atom stereocenters. The summed E-state index contributed by atoms with van der Waals surface area (Å²) in [6, 6.07) is 3.49. The Morgan fingerprint density at radius 1 is 1.11 bits per heavy atom. The van der Waals surface area contributed by atoms with Gasteiger partial charge in [-0.2, -0.15) is 0 Å². The summed E-state index contributed by atoms with van der Waals surface area (Å²) in [6.07, 6.45) is -4.38. The van der Waals surface area contributed by atoms with E-state index in [4.69, 9.17) is 13.9 Å². The predicted octanol–water partition coefficient (Wildman–Crippen LogP) is -0.231. The molecule has 1 saturated heterocycles. The molecule has 0 saturated carbocycles. The van der Waals surface area contributed by atoms with E-state index in [2.05, 4.69) is 0 Å². The van der Waals surface area contributed by atoms with Crippen LogP contribution in [0.3, 0.4) is 0 Å². The number of hydrogen-bond donors (Lipinski definition) is 4. The Hall–Kier alpha value is -1.97. The maximum absolute atomic E-state index is 12.2. The summed E-state index contributed by atoms with van der Waals surface area (Å²) < 4.78 is 16.6. The Kier molecular flexibility index (Phi) is 4.69. The monoisotopic (exact) mass is 378 g/mol. The Labute approximate surface area is 154 Å². The van der Waals surface area contributed by atoms with Crippen LogP contribution in [0.15, 0.2) is 21.3 Å². The average Bonchev–Trinajstić information content (AvgIpc) is 3.15. The van der Waals surface area contributed by atoms with Crippen LogP contribution in [0.5, 0.6) is 5.75 Å². The summed E-state index contributed by atoms with van der Waals surface area (Å²) in [7, 11) is 0. The van der Waals surface area contributed by atoms with Crippen molar-refractivity contribution in [2.45, 2.75) is 56.9 Å². The Bertz CT molecular complexity index is 918. The molecular weight excluding hydrogens is 356 g/mol. The number of aryl methyl sites for hydroxylation is 2. The molecule has 0 radical (unpaired) electrons. The Morgan fingerprint density at radius 2 is 1.85 bits per heavy atom. The molecule has 4 rings (SSSR count). The van der Waals surface area contributed by atoms with Crippen molar-refractivity contribution in [1.82, 2.24) is 0 Å². The molecule has 1 aromatic carbocycles. The second-order valence-electron chi connectivity index (χ2n) is 7.08. The van der Waals surface area contributed by atoms with Crippen molar-refractivity contribution in [2.24, 2.45) is 0 Å². The quantitative estimate of drug-likeness (QED) is 0.539. The summed E-state index contributed by atoms with van der Waals surface area (Å²) in [6.45, 7) is 1.19. The first-order valence-electron chi connectivity index (χ1n) is 8.97. The normalized spacial score (nSPS) is 30.5. The van der Waals surface area contributed by atoms with Crippen LogP contribution in [0.4, 0.5) is 0 Å². The third-order valence-electron chi connectivity index (χ3n) is 5.43. The average molecular weight is 378 g/mol. The van der Waals surface area contributed by atoms with Crippen LogP contribution in [-0.2, 0) is 17.6 Å². The van der Waals surface area contributed by atoms with Gasteiger partial charge in [0.05, 0.1) is 6.61 Å². The Morgan fingerprint density at radius 3 is 2.59 bits per heavy atom. The zero-order chi connectivity index (χ0) is 19.3. The van der Waals surface area contributed by atoms with Crippen molar-refractivity contribution < 1.29 is 34.3 Å². The Balaban J connectivity index is 1.70. The summed E-state index contributed by atoms with van der Waals surface area (Å²) in [4.78, 5) is 12.2. The number of rotatable bonds is 3. The molecule has 2 heterocycles. The molecule has 1 aromatic heterocycles. The molecule has 0 amide bonds. The first-order valence-corrected chi connectivity index (χ1v) is 8.97. The third-order valence-corrected chi connectivity index (χ3v) is 5.43. The molecule has 2 aromatic rings. The van der Waals surface area contributed by atoms with Gasteiger partial charge >= 0.3 is 5.63 Å². The lowest BCUT2D eigenvalue weighted by Gasteiger charge is -2.39. The van der Waals surface area contributed by atoms with Crippen LogP contribution in [0, 0.1) is 6.92 Å². The van der Waals surface area contributed by atoms with Gasteiger partial charge in [0.15, 0.2) is 0 Å². The molecule has 0 spiro atoms. The van der Waals surface area contributed by atoms with Crippen molar-refractivity contribution >= 4 is 11.0 Å². The second kappa shape index (κ2) is 6.88. The van der Waals surface area contributed by atoms with Gasteiger partial charge in [0.25, 0.3) is 0 Å². The fraction of sp³-hybridized carbons (Fsp3) is 0.526. The number of fused-ring (bicyclic) bond motifs is 3. The van der Waals surface area contributed by atoms with E-state index in [0.29, 0.717) is 16.9 Å². The van der Waals surface area contributed by atoms with Crippen LogP contribution >= 0.6 is 0 Å². The van der Waals surface area contributed by atoms with Gasteiger partial charge in [-0.25, -0.2) is 4.79 Å². The lowest BCUT2D eigenvalue weighted by Crippen LogP contribution is -2.60. The van der Waals surface area contributed by atoms with Crippen molar-refractivity contribution in [2.75, 3.05) is 6.61 Å². The fourth-order valence-corrected chi connectivity index (χ4v) is 3.88. The molecule has 1 fully saturated rings. The number of aliphatic hydroxyl groups is 4. The first kappa shape index (κ1) is 18.4. The van der Waals surface area contributed by atoms with Gasteiger partial charge in [0, 0.05) is 16.5 Å². The summed E-state index contributed by atoms with van der Waals surface area (Å²) in [5, 5.41) is 40.0. The van der Waals surface area contributed by atoms with Crippen molar-refractivity contribution in [3.05, 3.63) is 39.2 Å². The minimum absolute atomic E-state index is 0.313. The van der Waals surface area contributed by atoms with Gasteiger partial charge in [-0.15, -0.1) is 0 Å². The van der Waals surface area contributed by atoms with Crippen LogP contribution in [0.2, 0.25) is 0 Å². The van der Waals surface area contributed by atoms with Crippen molar-refractivity contribution in [3.63, 3.8) is 0 Å². The van der Waals surface area contributed by atoms with Gasteiger partial charge in [-0.3, -0.25) is 0 Å². The number of aliphatic hydroxyl groups excluding tert-OH is 4. The SMILES string of the molecule is Cc1c(O[C@@H]2O[C@H](CO)[C@H](O)[C@H](O)[C@H]2O)ccc2c3c(c(=O)oc12)CCC3. The minimum atomic E-state index is -1.53. The molecule has 4 N–H and O–H groups in total. The maximum atomic E-state index is 12.2. The van der Waals surface area contributed by atoms with E-state index in [1.165, 1.54) is 0 Å². The molecule has 0 unspecified atom stereocenters. The third kappa shape index (κ3) is 2.94. The molecule has 2 aliphatic rings. The van der Waals surface area contributed by atoms with Crippen molar-refractivity contribution in [1.29, 1.82) is 0 Å². The standard InChI is InChI=1S/C19H22O8/c1-8-12(25-19-16(23)15(22)14(21)13(7-20)26-19)6-5-10-9-3-2-4-11(9)18(24)27-17(8)10/h5-6,13-16,19-23H,2-4,7H2,1H3/t13-,14+,15+,16-,19-/m1/s1. The maximum Gasteiger partial charge on any atom is 0.339 e. The molecule has 1 aliphatic carbocycles. The van der Waals surface area contributed by atoms with Gasteiger partial charge in [0.1, 0.15) is 35.7 Å². The summed E-state index contributed by atoms with van der Waals surface area (Å²) >= 11 is 0.